The number of aromatic nitrogens is 2. The summed E-state index contributed by atoms with van der Waals surface area (Å²) in [5.74, 6) is 0.0878. The SMILES string of the molecule is CCC(C)Sc1nc2c(c(=O)[nH]1)C(c1cccc(O)c1)C1=C(CC(C)(C)CC1=O)N2. The number of aromatic hydroxyl groups is 1. The summed E-state index contributed by atoms with van der Waals surface area (Å²) in [7, 11) is 0. The quantitative estimate of drug-likeness (QED) is 0.491. The highest BCUT2D eigenvalue weighted by atomic mass is 32.2. The molecule has 3 N–H and O–H groups in total. The molecule has 4 rings (SSSR count). The van der Waals surface area contributed by atoms with Crippen molar-refractivity contribution in [2.45, 2.75) is 63.3 Å². The van der Waals surface area contributed by atoms with E-state index in [0.29, 0.717) is 45.8 Å². The monoisotopic (exact) mass is 425 g/mol. The van der Waals surface area contributed by atoms with Crippen LogP contribution < -0.4 is 10.9 Å². The Balaban J connectivity index is 1.91. The summed E-state index contributed by atoms with van der Waals surface area (Å²) in [6.45, 7) is 8.34. The van der Waals surface area contributed by atoms with Crippen LogP contribution in [-0.2, 0) is 4.79 Å². The first-order valence-electron chi connectivity index (χ1n) is 10.3. The Morgan fingerprint density at radius 2 is 2.07 bits per heavy atom. The van der Waals surface area contributed by atoms with Crippen molar-refractivity contribution >= 4 is 23.4 Å². The fraction of sp³-hybridized carbons (Fsp3) is 0.435. The summed E-state index contributed by atoms with van der Waals surface area (Å²) >= 11 is 1.53. The highest BCUT2D eigenvalue weighted by Crippen LogP contribution is 2.48. The van der Waals surface area contributed by atoms with Crippen LogP contribution in [0.15, 0.2) is 45.5 Å². The first-order valence-corrected chi connectivity index (χ1v) is 11.2. The number of allylic oxidation sites excluding steroid dienone is 2. The highest BCUT2D eigenvalue weighted by Gasteiger charge is 2.42. The molecule has 2 aliphatic rings. The van der Waals surface area contributed by atoms with Gasteiger partial charge in [0.1, 0.15) is 11.6 Å². The molecule has 0 bridgehead atoms. The molecule has 1 aliphatic heterocycles. The Morgan fingerprint density at radius 1 is 1.30 bits per heavy atom. The molecular weight excluding hydrogens is 398 g/mol. The summed E-state index contributed by atoms with van der Waals surface area (Å²) in [5.41, 5.74) is 2.17. The number of fused-ring (bicyclic) bond motifs is 1. The molecule has 2 unspecified atom stereocenters. The Labute approximate surface area is 180 Å². The number of benzene rings is 1. The Morgan fingerprint density at radius 3 is 2.77 bits per heavy atom. The third-order valence-electron chi connectivity index (χ3n) is 5.79. The van der Waals surface area contributed by atoms with Crippen molar-refractivity contribution in [1.29, 1.82) is 0 Å². The zero-order chi connectivity index (χ0) is 21.6. The average Bonchev–Trinajstić information content (AvgIpc) is 2.65. The Bertz CT molecular complexity index is 1100. The van der Waals surface area contributed by atoms with Gasteiger partial charge in [-0.15, -0.1) is 0 Å². The molecule has 1 aromatic carbocycles. The van der Waals surface area contributed by atoms with Crippen molar-refractivity contribution in [3.63, 3.8) is 0 Å². The van der Waals surface area contributed by atoms with E-state index in [2.05, 4.69) is 38.0 Å². The molecule has 7 heteroatoms. The number of phenols is 1. The van der Waals surface area contributed by atoms with Crippen LogP contribution in [0.2, 0.25) is 0 Å². The summed E-state index contributed by atoms with van der Waals surface area (Å²) in [4.78, 5) is 34.0. The van der Waals surface area contributed by atoms with Gasteiger partial charge in [0.2, 0.25) is 0 Å². The van der Waals surface area contributed by atoms with Crippen molar-refractivity contribution in [2.75, 3.05) is 5.32 Å². The number of aromatic amines is 1. The number of carbonyl (C=O) groups is 1. The van der Waals surface area contributed by atoms with Crippen LogP contribution in [0.1, 0.15) is 64.0 Å². The van der Waals surface area contributed by atoms with E-state index in [4.69, 9.17) is 4.98 Å². The van der Waals surface area contributed by atoms with Gasteiger partial charge in [-0.2, -0.15) is 0 Å². The van der Waals surface area contributed by atoms with E-state index in [1.165, 1.54) is 11.8 Å². The second-order valence-electron chi connectivity index (χ2n) is 8.96. The lowest BCUT2D eigenvalue weighted by molar-refractivity contribution is -0.118. The van der Waals surface area contributed by atoms with Crippen molar-refractivity contribution in [2.24, 2.45) is 5.41 Å². The molecule has 2 heterocycles. The highest BCUT2D eigenvalue weighted by molar-refractivity contribution is 7.99. The van der Waals surface area contributed by atoms with Gasteiger partial charge >= 0.3 is 0 Å². The molecule has 1 aromatic heterocycles. The smallest absolute Gasteiger partial charge is 0.257 e. The molecular formula is C23H27N3O3S. The number of rotatable bonds is 4. The first kappa shape index (κ1) is 20.7. The van der Waals surface area contributed by atoms with Gasteiger partial charge in [-0.05, 0) is 36.0 Å². The number of nitrogens with one attached hydrogen (secondary N) is 2. The third kappa shape index (κ3) is 3.78. The van der Waals surface area contributed by atoms with Gasteiger partial charge in [-0.25, -0.2) is 4.98 Å². The average molecular weight is 426 g/mol. The van der Waals surface area contributed by atoms with Gasteiger partial charge in [-0.1, -0.05) is 51.6 Å². The number of nitrogens with zero attached hydrogens (tertiary/aromatic N) is 1. The van der Waals surface area contributed by atoms with Crippen LogP contribution in [0.25, 0.3) is 0 Å². The minimum atomic E-state index is -0.550. The number of hydrogen-bond donors (Lipinski definition) is 3. The molecule has 0 amide bonds. The molecule has 0 saturated heterocycles. The molecule has 0 spiro atoms. The van der Waals surface area contributed by atoms with E-state index in [1.807, 2.05) is 6.07 Å². The van der Waals surface area contributed by atoms with Crippen molar-refractivity contribution < 1.29 is 9.90 Å². The lowest BCUT2D eigenvalue weighted by Crippen LogP contribution is -2.37. The van der Waals surface area contributed by atoms with Gasteiger partial charge in [0.25, 0.3) is 5.56 Å². The lowest BCUT2D eigenvalue weighted by Gasteiger charge is -2.38. The van der Waals surface area contributed by atoms with Crippen molar-refractivity contribution in [3.8, 4) is 5.75 Å². The Kier molecular flexibility index (Phi) is 5.26. The van der Waals surface area contributed by atoms with Crippen LogP contribution in [0.3, 0.4) is 0 Å². The fourth-order valence-corrected chi connectivity index (χ4v) is 5.10. The second-order valence-corrected chi connectivity index (χ2v) is 10.4. The minimum Gasteiger partial charge on any atom is -0.508 e. The maximum atomic E-state index is 13.2. The largest absolute Gasteiger partial charge is 0.508 e. The van der Waals surface area contributed by atoms with Gasteiger partial charge in [-0.3, -0.25) is 9.59 Å². The summed E-state index contributed by atoms with van der Waals surface area (Å²) in [5, 5.41) is 14.3. The van der Waals surface area contributed by atoms with Gasteiger partial charge < -0.3 is 15.4 Å². The van der Waals surface area contributed by atoms with Crippen molar-refractivity contribution in [3.05, 3.63) is 57.0 Å². The van der Waals surface area contributed by atoms with Crippen LogP contribution >= 0.6 is 11.8 Å². The standard InChI is InChI=1S/C23H27N3O3S/c1-5-12(2)30-22-25-20-19(21(29)26-22)17(13-7-6-8-14(27)9-13)18-15(24-20)10-23(3,4)11-16(18)28/h6-9,12,17,27H,5,10-11H2,1-4H3,(H2,24,25,26,29). The van der Waals surface area contributed by atoms with Crippen LogP contribution in [0.5, 0.6) is 5.75 Å². The first-order chi connectivity index (χ1) is 14.2. The van der Waals surface area contributed by atoms with Crippen molar-refractivity contribution in [1.82, 2.24) is 9.97 Å². The number of carbonyl (C=O) groups excluding carboxylic acids is 1. The normalized spacial score (nSPS) is 20.9. The number of ketones is 1. The van der Waals surface area contributed by atoms with Crippen LogP contribution in [-0.4, -0.2) is 26.1 Å². The second kappa shape index (κ2) is 7.61. The van der Waals surface area contributed by atoms with Gasteiger partial charge in [0.15, 0.2) is 10.9 Å². The molecule has 2 atom stereocenters. The van der Waals surface area contributed by atoms with Gasteiger partial charge in [0, 0.05) is 28.9 Å². The summed E-state index contributed by atoms with van der Waals surface area (Å²) < 4.78 is 0. The summed E-state index contributed by atoms with van der Waals surface area (Å²) in [6, 6.07) is 6.79. The zero-order valence-corrected chi connectivity index (χ0v) is 18.5. The molecule has 0 radical (unpaired) electrons. The van der Waals surface area contributed by atoms with Gasteiger partial charge in [0.05, 0.1) is 5.56 Å². The number of phenolic OH excluding ortho intramolecular Hbond substituents is 1. The number of thioether (sulfide) groups is 1. The molecule has 30 heavy (non-hydrogen) atoms. The lowest BCUT2D eigenvalue weighted by atomic mass is 9.69. The number of Topliss-reactive ketones (excluding diaryl/α,β-unsaturated/α-hetero) is 1. The van der Waals surface area contributed by atoms with E-state index in [9.17, 15) is 14.7 Å². The van der Waals surface area contributed by atoms with E-state index in [1.54, 1.807) is 18.2 Å². The zero-order valence-electron chi connectivity index (χ0n) is 17.7. The fourth-order valence-electron chi connectivity index (χ4n) is 4.26. The molecule has 0 fully saturated rings. The van der Waals surface area contributed by atoms with E-state index in [-0.39, 0.29) is 22.5 Å². The van der Waals surface area contributed by atoms with Crippen LogP contribution in [0.4, 0.5) is 5.82 Å². The minimum absolute atomic E-state index is 0.0326. The molecule has 6 nitrogen and oxygen atoms in total. The van der Waals surface area contributed by atoms with E-state index in [0.717, 1.165) is 12.1 Å². The van der Waals surface area contributed by atoms with E-state index < -0.39 is 5.92 Å². The molecule has 158 valence electrons. The molecule has 0 saturated carbocycles. The third-order valence-corrected chi connectivity index (χ3v) is 6.94. The summed E-state index contributed by atoms with van der Waals surface area (Å²) in [6.07, 6.45) is 2.08. The molecule has 1 aliphatic carbocycles. The van der Waals surface area contributed by atoms with Crippen LogP contribution in [0, 0.1) is 5.41 Å². The van der Waals surface area contributed by atoms with E-state index >= 15 is 0 Å². The predicted octanol–water partition coefficient (Wildman–Crippen LogP) is 4.57. The Hall–Kier alpha value is -2.54. The maximum Gasteiger partial charge on any atom is 0.257 e. The number of hydrogen-bond acceptors (Lipinski definition) is 6. The number of anilines is 1. The topological polar surface area (TPSA) is 95.1 Å². The predicted molar refractivity (Wildman–Crippen MR) is 119 cm³/mol. The maximum absolute atomic E-state index is 13.2. The molecule has 2 aromatic rings. The number of H-pyrrole nitrogens is 1.